The van der Waals surface area contributed by atoms with Crippen LogP contribution < -0.4 is 10.9 Å². The molecule has 0 fully saturated rings. The molecule has 2 N–H and O–H groups in total. The molecule has 194 valence electrons. The molecule has 0 spiro atoms. The van der Waals surface area contributed by atoms with Crippen LogP contribution in [0.1, 0.15) is 55.4 Å². The molecule has 3 aromatic carbocycles. The molecule has 0 bridgehead atoms. The van der Waals surface area contributed by atoms with Gasteiger partial charge in [-0.15, -0.1) is 0 Å². The normalized spacial score (nSPS) is 13.4. The third-order valence-electron chi connectivity index (χ3n) is 7.99. The Morgan fingerprint density at radius 1 is 0.649 bits per heavy atom. The maximum absolute atomic E-state index is 10.6. The van der Waals surface area contributed by atoms with E-state index in [0.29, 0.717) is 15.0 Å². The van der Waals surface area contributed by atoms with Crippen molar-refractivity contribution < 1.29 is 23.9 Å². The van der Waals surface area contributed by atoms with Gasteiger partial charge in [-0.25, -0.2) is 0 Å². The van der Waals surface area contributed by atoms with Crippen LogP contribution in [0.15, 0.2) is 65.1 Å². The summed E-state index contributed by atoms with van der Waals surface area (Å²) < 4.78 is 18.4. The SMILES string of the molecule is CC(C)(O)C(C)(C)OBc1ccc(-c2ccc3oc4ccccc4c3c2)c(BOC(C)(C)C(C)(C)O)c1. The maximum Gasteiger partial charge on any atom is 0.310 e. The highest BCUT2D eigenvalue weighted by Crippen LogP contribution is 2.32. The number of benzene rings is 3. The summed E-state index contributed by atoms with van der Waals surface area (Å²) in [5.74, 6) is 0. The van der Waals surface area contributed by atoms with Crippen LogP contribution in [0.25, 0.3) is 33.1 Å². The molecular weight excluding hydrogens is 462 g/mol. The summed E-state index contributed by atoms with van der Waals surface area (Å²) in [4.78, 5) is 0. The van der Waals surface area contributed by atoms with Gasteiger partial charge in [0.1, 0.15) is 11.2 Å². The Hall–Kier alpha value is -2.57. The molecule has 37 heavy (non-hydrogen) atoms. The quantitative estimate of drug-likeness (QED) is 0.335. The number of hydrogen-bond acceptors (Lipinski definition) is 5. The monoisotopic (exact) mass is 500 g/mol. The second-order valence-electron chi connectivity index (χ2n) is 12.0. The van der Waals surface area contributed by atoms with Crippen molar-refractivity contribution in [2.75, 3.05) is 0 Å². The molecule has 4 aromatic rings. The molecule has 0 unspecified atom stereocenters. The van der Waals surface area contributed by atoms with Crippen LogP contribution in [0.4, 0.5) is 0 Å². The van der Waals surface area contributed by atoms with Crippen LogP contribution in [-0.4, -0.2) is 47.6 Å². The van der Waals surface area contributed by atoms with Crippen LogP contribution in [0.2, 0.25) is 0 Å². The summed E-state index contributed by atoms with van der Waals surface area (Å²) in [6.45, 7) is 14.6. The zero-order valence-electron chi connectivity index (χ0n) is 23.3. The molecule has 4 rings (SSSR count). The van der Waals surface area contributed by atoms with Gasteiger partial charge in [0.25, 0.3) is 0 Å². The molecule has 0 saturated carbocycles. The first-order chi connectivity index (χ1) is 17.1. The molecule has 0 aliphatic carbocycles. The van der Waals surface area contributed by atoms with E-state index in [4.69, 9.17) is 13.7 Å². The van der Waals surface area contributed by atoms with Crippen molar-refractivity contribution in [3.8, 4) is 11.1 Å². The van der Waals surface area contributed by atoms with E-state index in [9.17, 15) is 10.2 Å². The van der Waals surface area contributed by atoms with Crippen molar-refractivity contribution in [2.45, 2.75) is 77.8 Å². The molecule has 7 heteroatoms. The van der Waals surface area contributed by atoms with Crippen molar-refractivity contribution in [3.05, 3.63) is 60.7 Å². The molecule has 0 aliphatic rings. The Morgan fingerprint density at radius 3 is 1.89 bits per heavy atom. The Bertz CT molecular complexity index is 1410. The van der Waals surface area contributed by atoms with Crippen molar-refractivity contribution in [3.63, 3.8) is 0 Å². The van der Waals surface area contributed by atoms with Gasteiger partial charge in [0.05, 0.1) is 22.4 Å². The Morgan fingerprint density at radius 2 is 1.24 bits per heavy atom. The number of para-hydroxylation sites is 1. The standard InChI is InChI=1S/C30H38B2O5/c1-27(2,33)29(5,6)36-31-20-14-15-21(24(18-20)32-37-30(7,8)28(3,4)34)19-13-16-26-23(17-19)22-11-9-10-12-25(22)35-26/h9-18,31-34H,1-8H3. The van der Waals surface area contributed by atoms with Gasteiger partial charge in [-0.1, -0.05) is 47.9 Å². The zero-order valence-corrected chi connectivity index (χ0v) is 23.3. The number of rotatable bonds is 9. The average molecular weight is 500 g/mol. The van der Waals surface area contributed by atoms with Crippen molar-refractivity contribution >= 4 is 47.8 Å². The largest absolute Gasteiger partial charge is 0.456 e. The summed E-state index contributed by atoms with van der Waals surface area (Å²) in [5.41, 5.74) is 2.31. The third-order valence-corrected chi connectivity index (χ3v) is 7.99. The van der Waals surface area contributed by atoms with Crippen LogP contribution >= 0.6 is 0 Å². The van der Waals surface area contributed by atoms with E-state index >= 15 is 0 Å². The first-order valence-corrected chi connectivity index (χ1v) is 12.9. The van der Waals surface area contributed by atoms with E-state index in [2.05, 4.69) is 36.4 Å². The van der Waals surface area contributed by atoms with Gasteiger partial charge in [-0.2, -0.15) is 0 Å². The topological polar surface area (TPSA) is 72.1 Å². The maximum atomic E-state index is 10.6. The first kappa shape index (κ1) is 27.5. The predicted octanol–water partition coefficient (Wildman–Crippen LogP) is 4.34. The van der Waals surface area contributed by atoms with E-state index in [-0.39, 0.29) is 0 Å². The molecule has 0 radical (unpaired) electrons. The van der Waals surface area contributed by atoms with E-state index < -0.39 is 22.4 Å². The molecule has 1 heterocycles. The molecule has 0 atom stereocenters. The van der Waals surface area contributed by atoms with E-state index in [1.165, 1.54) is 0 Å². The van der Waals surface area contributed by atoms with Gasteiger partial charge in [0.15, 0.2) is 0 Å². The van der Waals surface area contributed by atoms with Gasteiger partial charge in [-0.3, -0.25) is 0 Å². The second-order valence-corrected chi connectivity index (χ2v) is 12.0. The number of fused-ring (bicyclic) bond motifs is 3. The second kappa shape index (κ2) is 9.63. The predicted molar refractivity (Wildman–Crippen MR) is 156 cm³/mol. The lowest BCUT2D eigenvalue weighted by Gasteiger charge is -2.38. The highest BCUT2D eigenvalue weighted by atomic mass is 16.5. The Balaban J connectivity index is 1.73. The highest BCUT2D eigenvalue weighted by molar-refractivity contribution is 6.53. The summed E-state index contributed by atoms with van der Waals surface area (Å²) in [5, 5.41) is 23.3. The van der Waals surface area contributed by atoms with Crippen molar-refractivity contribution in [1.29, 1.82) is 0 Å². The lowest BCUT2D eigenvalue weighted by molar-refractivity contribution is -0.0893. The number of furan rings is 1. The fourth-order valence-electron chi connectivity index (χ4n) is 3.91. The summed E-state index contributed by atoms with van der Waals surface area (Å²) in [7, 11) is 0.670. The summed E-state index contributed by atoms with van der Waals surface area (Å²) in [6, 6.07) is 20.5. The zero-order chi connectivity index (χ0) is 27.2. The molecule has 0 saturated heterocycles. The van der Waals surface area contributed by atoms with E-state index in [0.717, 1.165) is 44.0 Å². The Labute approximate surface area is 221 Å². The minimum atomic E-state index is -1.01. The van der Waals surface area contributed by atoms with Crippen LogP contribution in [0.3, 0.4) is 0 Å². The lowest BCUT2D eigenvalue weighted by atomic mass is 9.74. The minimum Gasteiger partial charge on any atom is -0.456 e. The fraction of sp³-hybridized carbons (Fsp3) is 0.400. The molecule has 0 aliphatic heterocycles. The lowest BCUT2D eigenvalue weighted by Crippen LogP contribution is -2.50. The van der Waals surface area contributed by atoms with Gasteiger partial charge >= 0.3 is 15.0 Å². The van der Waals surface area contributed by atoms with Gasteiger partial charge < -0.3 is 23.9 Å². The van der Waals surface area contributed by atoms with Crippen molar-refractivity contribution in [2.24, 2.45) is 0 Å². The van der Waals surface area contributed by atoms with Crippen LogP contribution in [0, 0.1) is 0 Å². The third kappa shape index (κ3) is 5.65. The van der Waals surface area contributed by atoms with Crippen LogP contribution in [0.5, 0.6) is 0 Å². The van der Waals surface area contributed by atoms with Gasteiger partial charge in [0, 0.05) is 10.8 Å². The number of aliphatic hydroxyl groups is 2. The molecule has 0 amide bonds. The highest BCUT2D eigenvalue weighted by Gasteiger charge is 2.37. The molecule has 1 aromatic heterocycles. The number of hydrogen-bond donors (Lipinski definition) is 2. The first-order valence-electron chi connectivity index (χ1n) is 12.9. The van der Waals surface area contributed by atoms with Crippen LogP contribution in [-0.2, 0) is 9.31 Å². The molecular formula is C30H38B2O5. The van der Waals surface area contributed by atoms with Gasteiger partial charge in [-0.05, 0) is 90.2 Å². The summed E-state index contributed by atoms with van der Waals surface area (Å²) in [6.07, 6.45) is 0. The van der Waals surface area contributed by atoms with E-state index in [1.807, 2.05) is 52.0 Å². The minimum absolute atomic E-state index is 0.319. The fourth-order valence-corrected chi connectivity index (χ4v) is 3.91. The smallest absolute Gasteiger partial charge is 0.310 e. The summed E-state index contributed by atoms with van der Waals surface area (Å²) >= 11 is 0. The average Bonchev–Trinajstić information content (AvgIpc) is 3.18. The van der Waals surface area contributed by atoms with Gasteiger partial charge in [0.2, 0.25) is 0 Å². The van der Waals surface area contributed by atoms with E-state index in [1.54, 1.807) is 27.7 Å². The van der Waals surface area contributed by atoms with Crippen molar-refractivity contribution in [1.82, 2.24) is 0 Å². The molecule has 5 nitrogen and oxygen atoms in total. The Kier molecular flexibility index (Phi) is 7.15.